The first-order valence-corrected chi connectivity index (χ1v) is 7.00. The zero-order valence-electron chi connectivity index (χ0n) is 12.5. The number of aliphatic hydroxyl groups excluding tert-OH is 1. The van der Waals surface area contributed by atoms with Crippen molar-refractivity contribution in [3.63, 3.8) is 0 Å². The van der Waals surface area contributed by atoms with Gasteiger partial charge in [0.1, 0.15) is 6.23 Å². The lowest BCUT2D eigenvalue weighted by atomic mass is 10.0. The summed E-state index contributed by atoms with van der Waals surface area (Å²) in [5.41, 5.74) is 5.27. The predicted octanol–water partition coefficient (Wildman–Crippen LogP) is 2.77. The average Bonchev–Trinajstić information content (AvgIpc) is 2.74. The molecule has 1 atom stereocenters. The van der Waals surface area contributed by atoms with Crippen molar-refractivity contribution in [2.45, 2.75) is 20.1 Å². The molecule has 3 rings (SSSR count). The van der Waals surface area contributed by atoms with Crippen LogP contribution >= 0.6 is 0 Å². The second-order valence-electron chi connectivity index (χ2n) is 5.27. The fourth-order valence-corrected chi connectivity index (χ4v) is 2.72. The molecular weight excluding hydrogens is 262 g/mol. The second-order valence-corrected chi connectivity index (χ2v) is 5.27. The van der Waals surface area contributed by atoms with Crippen molar-refractivity contribution in [2.75, 3.05) is 4.90 Å². The molecule has 1 aromatic heterocycles. The van der Waals surface area contributed by atoms with Gasteiger partial charge in [-0.15, -0.1) is 0 Å². The molecular formula is C17H19N3O. The van der Waals surface area contributed by atoms with E-state index in [1.54, 1.807) is 6.08 Å². The van der Waals surface area contributed by atoms with Crippen molar-refractivity contribution in [2.24, 2.45) is 7.05 Å². The van der Waals surface area contributed by atoms with Crippen molar-refractivity contribution in [3.05, 3.63) is 65.6 Å². The van der Waals surface area contributed by atoms with Crippen molar-refractivity contribution in [1.82, 2.24) is 9.78 Å². The third-order valence-electron chi connectivity index (χ3n) is 3.86. The van der Waals surface area contributed by atoms with E-state index in [0.29, 0.717) is 0 Å². The highest BCUT2D eigenvalue weighted by atomic mass is 16.3. The van der Waals surface area contributed by atoms with Gasteiger partial charge in [-0.1, -0.05) is 24.3 Å². The lowest BCUT2D eigenvalue weighted by Gasteiger charge is -2.28. The van der Waals surface area contributed by atoms with Crippen molar-refractivity contribution >= 4 is 11.3 Å². The Bertz CT molecular complexity index is 713. The van der Waals surface area contributed by atoms with Gasteiger partial charge in [0.15, 0.2) is 0 Å². The molecule has 2 aromatic rings. The molecule has 1 aliphatic rings. The smallest absolute Gasteiger partial charge is 0.150 e. The van der Waals surface area contributed by atoms with Crippen molar-refractivity contribution in [3.8, 4) is 0 Å². The van der Waals surface area contributed by atoms with Gasteiger partial charge in [0.2, 0.25) is 0 Å². The number of anilines is 1. The van der Waals surface area contributed by atoms with Gasteiger partial charge in [-0.05, 0) is 32.1 Å². The molecule has 108 valence electrons. The van der Waals surface area contributed by atoms with Gasteiger partial charge < -0.3 is 10.0 Å². The van der Waals surface area contributed by atoms with Crippen LogP contribution in [-0.4, -0.2) is 21.1 Å². The summed E-state index contributed by atoms with van der Waals surface area (Å²) in [6.45, 7) is 4.07. The Morgan fingerprint density at radius 3 is 2.48 bits per heavy atom. The van der Waals surface area contributed by atoms with Gasteiger partial charge >= 0.3 is 0 Å². The van der Waals surface area contributed by atoms with Crippen LogP contribution in [0.5, 0.6) is 0 Å². The molecule has 1 aromatic carbocycles. The van der Waals surface area contributed by atoms with Gasteiger partial charge in [-0.3, -0.25) is 4.68 Å². The van der Waals surface area contributed by atoms with E-state index in [9.17, 15) is 5.11 Å². The maximum absolute atomic E-state index is 10.2. The minimum Gasteiger partial charge on any atom is -0.370 e. The summed E-state index contributed by atoms with van der Waals surface area (Å²) in [7, 11) is 1.95. The van der Waals surface area contributed by atoms with Gasteiger partial charge in [0, 0.05) is 35.8 Å². The SMILES string of the molecule is Cc1nn(C)c(C)c1C1=CN(c2ccccc2)C(O)C=C1. The first-order valence-electron chi connectivity index (χ1n) is 7.00. The molecule has 0 bridgehead atoms. The fraction of sp³-hybridized carbons (Fsp3) is 0.235. The Morgan fingerprint density at radius 1 is 1.14 bits per heavy atom. The number of nitrogens with zero attached hydrogens (tertiary/aromatic N) is 3. The van der Waals surface area contributed by atoms with Gasteiger partial charge in [0.05, 0.1) is 5.69 Å². The lowest BCUT2D eigenvalue weighted by molar-refractivity contribution is 0.227. The second kappa shape index (κ2) is 5.22. The van der Waals surface area contributed by atoms with E-state index in [4.69, 9.17) is 0 Å². The van der Waals surface area contributed by atoms with Crippen LogP contribution in [-0.2, 0) is 7.05 Å². The quantitative estimate of drug-likeness (QED) is 0.920. The molecule has 0 fully saturated rings. The fourth-order valence-electron chi connectivity index (χ4n) is 2.72. The van der Waals surface area contributed by atoms with Crippen LogP contribution in [0.25, 0.3) is 5.57 Å². The standard InChI is InChI=1S/C17H19N3O/c1-12-17(13(2)19(3)18-12)14-9-10-16(21)20(11-14)15-7-5-4-6-8-15/h4-11,16,21H,1-3H3. The summed E-state index contributed by atoms with van der Waals surface area (Å²) in [5, 5.41) is 14.7. The van der Waals surface area contributed by atoms with E-state index in [-0.39, 0.29) is 0 Å². The number of aliphatic hydroxyl groups is 1. The molecule has 4 heteroatoms. The zero-order valence-corrected chi connectivity index (χ0v) is 12.5. The van der Waals surface area contributed by atoms with Gasteiger partial charge in [-0.2, -0.15) is 5.10 Å². The van der Waals surface area contributed by atoms with Crippen molar-refractivity contribution < 1.29 is 5.11 Å². The number of benzene rings is 1. The molecule has 2 heterocycles. The Labute approximate surface area is 124 Å². The van der Waals surface area contributed by atoms with E-state index in [2.05, 4.69) is 12.0 Å². The monoisotopic (exact) mass is 281 g/mol. The number of aryl methyl sites for hydroxylation is 2. The zero-order chi connectivity index (χ0) is 15.0. The molecule has 1 unspecified atom stereocenters. The molecule has 4 nitrogen and oxygen atoms in total. The van der Waals surface area contributed by atoms with Gasteiger partial charge in [0.25, 0.3) is 0 Å². The molecule has 1 N–H and O–H groups in total. The maximum atomic E-state index is 10.2. The van der Waals surface area contributed by atoms with E-state index in [1.165, 1.54) is 0 Å². The Morgan fingerprint density at radius 2 is 1.86 bits per heavy atom. The molecule has 0 aliphatic carbocycles. The summed E-state index contributed by atoms with van der Waals surface area (Å²) in [6.07, 6.45) is 5.10. The largest absolute Gasteiger partial charge is 0.370 e. The van der Waals surface area contributed by atoms with Crippen LogP contribution in [0.15, 0.2) is 48.7 Å². The maximum Gasteiger partial charge on any atom is 0.150 e. The highest BCUT2D eigenvalue weighted by Crippen LogP contribution is 2.29. The average molecular weight is 281 g/mol. The van der Waals surface area contributed by atoms with Crippen LogP contribution in [0.3, 0.4) is 0 Å². The molecule has 0 radical (unpaired) electrons. The topological polar surface area (TPSA) is 41.3 Å². The summed E-state index contributed by atoms with van der Waals surface area (Å²) >= 11 is 0. The number of allylic oxidation sites excluding steroid dienone is 2. The Balaban J connectivity index is 2.05. The number of rotatable bonds is 2. The van der Waals surface area contributed by atoms with Crippen LogP contribution < -0.4 is 4.90 Å². The molecule has 21 heavy (non-hydrogen) atoms. The third kappa shape index (κ3) is 2.38. The summed E-state index contributed by atoms with van der Waals surface area (Å²) < 4.78 is 1.89. The first kappa shape index (κ1) is 13.6. The summed E-state index contributed by atoms with van der Waals surface area (Å²) in [6, 6.07) is 9.87. The molecule has 1 aliphatic heterocycles. The number of hydrogen-bond donors (Lipinski definition) is 1. The highest BCUT2D eigenvalue weighted by molar-refractivity contribution is 5.80. The molecule has 0 spiro atoms. The Kier molecular flexibility index (Phi) is 3.39. The lowest BCUT2D eigenvalue weighted by Crippen LogP contribution is -2.30. The van der Waals surface area contributed by atoms with Crippen LogP contribution in [0, 0.1) is 13.8 Å². The Hall–Kier alpha value is -2.33. The number of hydrogen-bond acceptors (Lipinski definition) is 3. The molecule has 0 saturated heterocycles. The van der Waals surface area contributed by atoms with E-state index < -0.39 is 6.23 Å². The summed E-state index contributed by atoms with van der Waals surface area (Å²) in [5.74, 6) is 0. The van der Waals surface area contributed by atoms with Crippen LogP contribution in [0.2, 0.25) is 0 Å². The van der Waals surface area contributed by atoms with Crippen LogP contribution in [0.1, 0.15) is 17.0 Å². The van der Waals surface area contributed by atoms with Crippen molar-refractivity contribution in [1.29, 1.82) is 0 Å². The van der Waals surface area contributed by atoms with Crippen LogP contribution in [0.4, 0.5) is 5.69 Å². The number of aromatic nitrogens is 2. The van der Waals surface area contributed by atoms with E-state index >= 15 is 0 Å². The minimum absolute atomic E-state index is 0.645. The van der Waals surface area contributed by atoms with E-state index in [1.807, 2.05) is 66.2 Å². The van der Waals surface area contributed by atoms with Gasteiger partial charge in [-0.25, -0.2) is 0 Å². The van der Waals surface area contributed by atoms with E-state index in [0.717, 1.165) is 28.2 Å². The summed E-state index contributed by atoms with van der Waals surface area (Å²) in [4.78, 5) is 1.86. The normalized spacial score (nSPS) is 18.0. The minimum atomic E-state index is -0.645. The predicted molar refractivity (Wildman–Crippen MR) is 84.7 cm³/mol. The molecule has 0 amide bonds. The first-order chi connectivity index (χ1) is 10.1. The highest BCUT2D eigenvalue weighted by Gasteiger charge is 2.20. The number of para-hydroxylation sites is 1. The third-order valence-corrected chi connectivity index (χ3v) is 3.86. The molecule has 0 saturated carbocycles.